The summed E-state index contributed by atoms with van der Waals surface area (Å²) in [6, 6.07) is 11.2. The molecule has 0 radical (unpaired) electrons. The summed E-state index contributed by atoms with van der Waals surface area (Å²) in [7, 11) is -1.28. The summed E-state index contributed by atoms with van der Waals surface area (Å²) in [4.78, 5) is 12.8. The highest BCUT2D eigenvalue weighted by atomic mass is 32.2. The molecule has 4 nitrogen and oxygen atoms in total. The molecule has 0 aliphatic rings. The van der Waals surface area contributed by atoms with E-state index < -0.39 is 10.8 Å². The van der Waals surface area contributed by atoms with E-state index in [1.165, 1.54) is 0 Å². The second-order valence-corrected chi connectivity index (χ2v) is 7.58. The van der Waals surface area contributed by atoms with Gasteiger partial charge in [0.25, 0.3) is 0 Å². The number of ether oxygens (including phenoxy) is 1. The van der Waals surface area contributed by atoms with Crippen LogP contribution in [0.3, 0.4) is 0 Å². The summed E-state index contributed by atoms with van der Waals surface area (Å²) >= 11 is 0. The number of aryl methyl sites for hydroxylation is 1. The first-order valence-electron chi connectivity index (χ1n) is 8.99. The van der Waals surface area contributed by atoms with E-state index >= 15 is 0 Å². The summed E-state index contributed by atoms with van der Waals surface area (Å²) < 4.78 is 18.5. The Morgan fingerprint density at radius 1 is 1.19 bits per heavy atom. The fourth-order valence-corrected chi connectivity index (χ4v) is 3.30. The summed E-state index contributed by atoms with van der Waals surface area (Å²) in [6.07, 6.45) is 4.07. The summed E-state index contributed by atoms with van der Waals surface area (Å²) in [5.41, 5.74) is 2.27. The molecule has 26 heavy (non-hydrogen) atoms. The third kappa shape index (κ3) is 4.94. The maximum atomic E-state index is 12.4. The largest absolute Gasteiger partial charge is 0.454 e. The van der Waals surface area contributed by atoms with Crippen molar-refractivity contribution in [1.82, 2.24) is 0 Å². The van der Waals surface area contributed by atoms with Gasteiger partial charge in [0.15, 0.2) is 11.5 Å². The van der Waals surface area contributed by atoms with Crippen LogP contribution in [0.25, 0.3) is 0 Å². The predicted molar refractivity (Wildman–Crippen MR) is 108 cm³/mol. The van der Waals surface area contributed by atoms with E-state index in [2.05, 4.69) is 12.2 Å². The molecule has 0 fully saturated rings. The van der Waals surface area contributed by atoms with Gasteiger partial charge in [0.1, 0.15) is 5.75 Å². The summed E-state index contributed by atoms with van der Waals surface area (Å²) in [5, 5.41) is 3.36. The molecule has 140 valence electrons. The van der Waals surface area contributed by atoms with E-state index in [9.17, 15) is 9.00 Å². The predicted octanol–water partition coefficient (Wildman–Crippen LogP) is 5.33. The summed E-state index contributed by atoms with van der Waals surface area (Å²) in [5.74, 6) is 1.27. The Morgan fingerprint density at radius 2 is 1.92 bits per heavy atom. The number of Topliss-reactive ketones (excluding diaryl/α,β-unsaturated/α-hetero) is 1. The average Bonchev–Trinajstić information content (AvgIpc) is 2.63. The Morgan fingerprint density at radius 3 is 2.54 bits per heavy atom. The second-order valence-electron chi connectivity index (χ2n) is 6.23. The fraction of sp³-hybridized carbons (Fsp3) is 0.381. The lowest BCUT2D eigenvalue weighted by molar-refractivity contribution is 0.0988. The third-order valence-corrected chi connectivity index (χ3v) is 5.08. The maximum absolute atomic E-state index is 12.4. The topological polar surface area (TPSA) is 55.4 Å². The minimum absolute atomic E-state index is 0.0256. The number of para-hydroxylation sites is 1. The van der Waals surface area contributed by atoms with Gasteiger partial charge in [0.05, 0.1) is 21.4 Å². The molecule has 0 heterocycles. The highest BCUT2D eigenvalue weighted by molar-refractivity contribution is 7.84. The number of hydrogen-bond acceptors (Lipinski definition) is 4. The quantitative estimate of drug-likeness (QED) is 0.477. The molecule has 1 unspecified atom stereocenters. The molecular formula is C21H27NO3S. The zero-order valence-electron chi connectivity index (χ0n) is 15.9. The van der Waals surface area contributed by atoms with Gasteiger partial charge in [-0.05, 0) is 37.1 Å². The third-order valence-electron chi connectivity index (χ3n) is 4.16. The van der Waals surface area contributed by atoms with Crippen molar-refractivity contribution in [3.05, 3.63) is 47.5 Å². The molecule has 2 rings (SSSR count). The SMILES string of the molecule is CCCCNc1cc(C(=O)CC)cc(S(C)=O)c1Oc1ccccc1C. The van der Waals surface area contributed by atoms with Crippen LogP contribution in [-0.4, -0.2) is 22.8 Å². The Bertz CT molecular complexity index is 802. The number of nitrogens with one attached hydrogen (secondary N) is 1. The number of carbonyl (C=O) groups is 1. The highest BCUT2D eigenvalue weighted by Crippen LogP contribution is 2.38. The van der Waals surface area contributed by atoms with Gasteiger partial charge >= 0.3 is 0 Å². The first-order valence-corrected chi connectivity index (χ1v) is 10.6. The van der Waals surface area contributed by atoms with E-state index in [1.54, 1.807) is 12.3 Å². The van der Waals surface area contributed by atoms with Crippen molar-refractivity contribution in [2.24, 2.45) is 0 Å². The first-order chi connectivity index (χ1) is 12.5. The van der Waals surface area contributed by atoms with Gasteiger partial charge in [-0.25, -0.2) is 0 Å². The van der Waals surface area contributed by atoms with Crippen molar-refractivity contribution in [2.75, 3.05) is 18.1 Å². The number of hydrogen-bond donors (Lipinski definition) is 1. The van der Waals surface area contributed by atoms with Crippen LogP contribution in [0.5, 0.6) is 11.5 Å². The second kappa shape index (κ2) is 9.53. The Hall–Kier alpha value is -2.14. The van der Waals surface area contributed by atoms with E-state index in [4.69, 9.17) is 4.74 Å². The van der Waals surface area contributed by atoms with Crippen LogP contribution in [0.15, 0.2) is 41.3 Å². The van der Waals surface area contributed by atoms with Gasteiger partial charge < -0.3 is 10.1 Å². The Kier molecular flexibility index (Phi) is 7.39. The number of unbranched alkanes of at least 4 members (excludes halogenated alkanes) is 1. The molecule has 2 aromatic carbocycles. The first kappa shape index (κ1) is 20.2. The molecule has 0 aromatic heterocycles. The Balaban J connectivity index is 2.55. The summed E-state index contributed by atoms with van der Waals surface area (Å²) in [6.45, 7) is 6.68. The zero-order valence-corrected chi connectivity index (χ0v) is 16.7. The van der Waals surface area contributed by atoms with Crippen molar-refractivity contribution in [2.45, 2.75) is 44.9 Å². The zero-order chi connectivity index (χ0) is 19.1. The van der Waals surface area contributed by atoms with Crippen molar-refractivity contribution in [1.29, 1.82) is 0 Å². The van der Waals surface area contributed by atoms with Gasteiger partial charge in [-0.15, -0.1) is 0 Å². The molecule has 2 aromatic rings. The van der Waals surface area contributed by atoms with Gasteiger partial charge in [-0.1, -0.05) is 38.5 Å². The van der Waals surface area contributed by atoms with Gasteiger partial charge in [0, 0.05) is 24.8 Å². The number of carbonyl (C=O) groups excluding carboxylic acids is 1. The van der Waals surface area contributed by atoms with Crippen LogP contribution < -0.4 is 10.1 Å². The molecule has 0 saturated heterocycles. The number of benzene rings is 2. The van der Waals surface area contributed by atoms with E-state index in [0.29, 0.717) is 34.1 Å². The Labute approximate surface area is 158 Å². The molecule has 0 saturated carbocycles. The van der Waals surface area contributed by atoms with Crippen molar-refractivity contribution < 1.29 is 13.7 Å². The van der Waals surface area contributed by atoms with Crippen molar-refractivity contribution >= 4 is 22.3 Å². The van der Waals surface area contributed by atoms with E-state index in [0.717, 1.165) is 24.9 Å². The normalized spacial score (nSPS) is 11.8. The van der Waals surface area contributed by atoms with Gasteiger partial charge in [-0.3, -0.25) is 9.00 Å². The molecule has 0 bridgehead atoms. The molecular weight excluding hydrogens is 346 g/mol. The van der Waals surface area contributed by atoms with Crippen LogP contribution in [0.1, 0.15) is 49.0 Å². The van der Waals surface area contributed by atoms with Crippen LogP contribution in [0.2, 0.25) is 0 Å². The lowest BCUT2D eigenvalue weighted by Crippen LogP contribution is -2.08. The highest BCUT2D eigenvalue weighted by Gasteiger charge is 2.19. The van der Waals surface area contributed by atoms with Crippen LogP contribution in [0.4, 0.5) is 5.69 Å². The number of ketones is 1. The van der Waals surface area contributed by atoms with Crippen LogP contribution >= 0.6 is 0 Å². The monoisotopic (exact) mass is 373 g/mol. The van der Waals surface area contributed by atoms with Gasteiger partial charge in [0.2, 0.25) is 0 Å². The minimum atomic E-state index is -1.28. The van der Waals surface area contributed by atoms with E-state index in [-0.39, 0.29) is 5.78 Å². The molecule has 1 N–H and O–H groups in total. The molecule has 5 heteroatoms. The molecule has 1 atom stereocenters. The smallest absolute Gasteiger partial charge is 0.166 e. The lowest BCUT2D eigenvalue weighted by atomic mass is 10.1. The molecule has 0 aliphatic carbocycles. The van der Waals surface area contributed by atoms with Crippen molar-refractivity contribution in [3.63, 3.8) is 0 Å². The van der Waals surface area contributed by atoms with Gasteiger partial charge in [-0.2, -0.15) is 0 Å². The molecule has 0 spiro atoms. The fourth-order valence-electron chi connectivity index (χ4n) is 2.60. The van der Waals surface area contributed by atoms with Crippen LogP contribution in [0, 0.1) is 6.92 Å². The number of rotatable bonds is 9. The van der Waals surface area contributed by atoms with Crippen LogP contribution in [-0.2, 0) is 10.8 Å². The molecule has 0 amide bonds. The minimum Gasteiger partial charge on any atom is -0.454 e. The standard InChI is InChI=1S/C21H27NO3S/c1-5-7-12-22-17-13-16(18(23)6-2)14-20(26(4)24)21(17)25-19-11-9-8-10-15(19)3/h8-11,13-14,22H,5-7,12H2,1-4H3. The van der Waals surface area contributed by atoms with E-state index in [1.807, 2.05) is 44.2 Å². The van der Waals surface area contributed by atoms with Crippen molar-refractivity contribution in [3.8, 4) is 11.5 Å². The average molecular weight is 374 g/mol. The number of anilines is 1. The molecule has 0 aliphatic heterocycles. The lowest BCUT2D eigenvalue weighted by Gasteiger charge is -2.18. The maximum Gasteiger partial charge on any atom is 0.166 e.